The van der Waals surface area contributed by atoms with Crippen LogP contribution in [0.3, 0.4) is 0 Å². The molecule has 0 aliphatic carbocycles. The topological polar surface area (TPSA) is 124 Å². The second kappa shape index (κ2) is 42.2. The van der Waals surface area contributed by atoms with E-state index < -0.39 is 0 Å². The second-order valence-corrected chi connectivity index (χ2v) is 25.5. The molecule has 502 valence electrons. The summed E-state index contributed by atoms with van der Waals surface area (Å²) in [6.45, 7) is 38.3. The van der Waals surface area contributed by atoms with Gasteiger partial charge >= 0.3 is 98.8 Å². The maximum absolute atomic E-state index is 4.94. The van der Waals surface area contributed by atoms with Crippen LogP contribution < -0.4 is 9.97 Å². The number of rotatable bonds is 14. The first-order valence-corrected chi connectivity index (χ1v) is 33.6. The molecule has 0 amide bonds. The van der Waals surface area contributed by atoms with Crippen LogP contribution in [0.1, 0.15) is 183 Å². The van der Waals surface area contributed by atoms with Crippen LogP contribution >= 0.6 is 0 Å². The molecule has 8 aromatic carbocycles. The van der Waals surface area contributed by atoms with E-state index in [2.05, 4.69) is 251 Å². The maximum atomic E-state index is 4.94. The molecular weight excluding hydrogens is 1460 g/mol. The molecule has 2 radical (unpaired) electrons. The average Bonchev–Trinajstić information content (AvgIpc) is 1.28. The zero-order valence-corrected chi connectivity index (χ0v) is 64.4. The molecule has 4 heterocycles. The van der Waals surface area contributed by atoms with E-state index in [1.54, 1.807) is 12.7 Å². The van der Waals surface area contributed by atoms with Gasteiger partial charge in [0.15, 0.2) is 0 Å². The van der Waals surface area contributed by atoms with Gasteiger partial charge in [-0.3, -0.25) is 9.98 Å². The fourth-order valence-corrected chi connectivity index (χ4v) is 11.1. The number of aliphatic imine (C=N–C) groups is 4. The van der Waals surface area contributed by atoms with E-state index in [1.807, 2.05) is 73.1 Å². The molecule has 12 heteroatoms. The van der Waals surface area contributed by atoms with Gasteiger partial charge in [-0.1, -0.05) is 238 Å². The summed E-state index contributed by atoms with van der Waals surface area (Å²) in [5.74, 6) is 1.81. The van der Waals surface area contributed by atoms with Crippen LogP contribution in [0.15, 0.2) is 190 Å². The molecule has 96 heavy (non-hydrogen) atoms. The van der Waals surface area contributed by atoms with Gasteiger partial charge in [0.25, 0.3) is 0 Å². The van der Waals surface area contributed by atoms with Crippen LogP contribution in [0.2, 0.25) is 0 Å². The Bertz CT molecular complexity index is 3640. The monoisotopic (exact) mass is 1560 g/mol. The van der Waals surface area contributed by atoms with Crippen molar-refractivity contribution in [3.05, 3.63) is 259 Å². The molecule has 0 N–H and O–H groups in total. The fourth-order valence-electron chi connectivity index (χ4n) is 11.1. The van der Waals surface area contributed by atoms with Crippen molar-refractivity contribution in [2.45, 2.75) is 160 Å². The smallest absolute Gasteiger partial charge is 0.656 e. The van der Waals surface area contributed by atoms with Crippen molar-refractivity contribution >= 4 is 81.0 Å². The van der Waals surface area contributed by atoms with Gasteiger partial charge in [-0.15, -0.1) is 22.4 Å². The summed E-state index contributed by atoms with van der Waals surface area (Å²) in [6, 6.07) is 58.3. The third-order valence-electron chi connectivity index (χ3n) is 16.5. The van der Waals surface area contributed by atoms with Crippen molar-refractivity contribution < 1.29 is 108 Å². The molecule has 0 saturated carbocycles. The first-order chi connectivity index (χ1) is 45.3. The van der Waals surface area contributed by atoms with Crippen LogP contribution in [0.5, 0.6) is 0 Å². The van der Waals surface area contributed by atoms with Gasteiger partial charge in [-0.2, -0.15) is 0 Å². The van der Waals surface area contributed by atoms with Gasteiger partial charge < -0.3 is 40.1 Å². The number of fused-ring (bicyclic) bond motifs is 2. The minimum absolute atomic E-state index is 0. The summed E-state index contributed by atoms with van der Waals surface area (Å²) < 4.78 is 9.89. The van der Waals surface area contributed by atoms with E-state index >= 15 is 0 Å². The molecule has 0 bridgehead atoms. The van der Waals surface area contributed by atoms with Crippen molar-refractivity contribution in [2.24, 2.45) is 20.0 Å². The molecular formula is C84H100Eu2N8O2. The van der Waals surface area contributed by atoms with Gasteiger partial charge in [-0.25, -0.2) is 0 Å². The van der Waals surface area contributed by atoms with E-state index in [0.717, 1.165) is 93.7 Å². The van der Waals surface area contributed by atoms with Gasteiger partial charge in [-0.05, 0) is 205 Å². The Hall–Kier alpha value is -5.79. The number of nitrogens with zero attached hydrogens (tertiary/aromatic N) is 8. The summed E-state index contributed by atoms with van der Waals surface area (Å²) >= 11 is 0. The molecule has 10 aromatic rings. The van der Waals surface area contributed by atoms with Crippen LogP contribution in [0.4, 0.5) is 34.1 Å². The van der Waals surface area contributed by atoms with Crippen LogP contribution in [-0.4, -0.2) is 51.5 Å². The molecule has 2 aliphatic rings. The number of hydrogen-bond donors (Lipinski definition) is 0. The summed E-state index contributed by atoms with van der Waals surface area (Å²) in [6.07, 6.45) is 12.2. The Balaban J connectivity index is 0.000000219. The van der Waals surface area contributed by atoms with Crippen molar-refractivity contribution in [3.63, 3.8) is 0 Å². The quantitative estimate of drug-likeness (QED) is 0.0794. The number of aromatic nitrogens is 2. The Kier molecular flexibility index (Phi) is 35.6. The van der Waals surface area contributed by atoms with Gasteiger partial charge in [0, 0.05) is 38.9 Å². The number of aryl methyl sites for hydroxylation is 8. The Morgan fingerprint density at radius 1 is 0.333 bits per heavy atom. The number of ether oxygens (including phenoxy) is 2. The molecule has 2 fully saturated rings. The van der Waals surface area contributed by atoms with Crippen LogP contribution in [-0.2, 0) is 9.47 Å². The minimum atomic E-state index is 0. The molecule has 2 aromatic heterocycles. The van der Waals surface area contributed by atoms with Crippen molar-refractivity contribution in [1.29, 1.82) is 0 Å². The molecule has 2 aliphatic heterocycles. The Labute approximate surface area is 656 Å². The molecule has 12 rings (SSSR count). The largest absolute Gasteiger partial charge is 2.00 e. The van der Waals surface area contributed by atoms with Gasteiger partial charge in [0.1, 0.15) is 0 Å². The van der Waals surface area contributed by atoms with E-state index in [1.165, 1.54) is 92.4 Å². The summed E-state index contributed by atoms with van der Waals surface area (Å²) in [4.78, 5) is 27.9. The Morgan fingerprint density at radius 3 is 0.865 bits per heavy atom. The summed E-state index contributed by atoms with van der Waals surface area (Å²) in [7, 11) is 0. The van der Waals surface area contributed by atoms with Crippen LogP contribution in [0, 0.1) is 154 Å². The fraction of sp³-hybridized carbons (Fsp3) is 0.333. The zero-order valence-electron chi connectivity index (χ0n) is 59.6. The predicted octanol–water partition coefficient (Wildman–Crippen LogP) is 23.8. The molecule has 0 unspecified atom stereocenters. The molecule has 0 spiro atoms. The molecule has 2 saturated heterocycles. The Morgan fingerprint density at radius 2 is 0.604 bits per heavy atom. The van der Waals surface area contributed by atoms with E-state index in [-0.39, 0.29) is 98.8 Å². The van der Waals surface area contributed by atoms with Crippen molar-refractivity contribution in [1.82, 2.24) is 9.97 Å². The van der Waals surface area contributed by atoms with Gasteiger partial charge in [0.2, 0.25) is 0 Å². The molecule has 0 atom stereocenters. The SMILES string of the molecule is C1CCOC1.C1CCOC1.CC(C)c1cccc(C(C)C)c1N=Cc1cc2ccccc2[n-]1.CC(C)c1cccc(C(C)C)c1N=Cc1cc2ccccc2[n-]1.Cc1cccc(C)c1N=C[N-]c1c(C)cccc1C.Cc1cccc(C)c1N=C[N-]c1c(C)cccc1C.[Eu+2].[Eu+2]. The maximum Gasteiger partial charge on any atom is 2.00 e. The van der Waals surface area contributed by atoms with Crippen LogP contribution in [0.25, 0.3) is 32.4 Å². The molecule has 10 nitrogen and oxygen atoms in total. The summed E-state index contributed by atoms with van der Waals surface area (Å²) in [5.41, 5.74) is 24.7. The van der Waals surface area contributed by atoms with Gasteiger partial charge in [0.05, 0.1) is 11.4 Å². The second-order valence-electron chi connectivity index (χ2n) is 25.5. The first kappa shape index (κ1) is 80.9. The predicted molar refractivity (Wildman–Crippen MR) is 404 cm³/mol. The first-order valence-electron chi connectivity index (χ1n) is 33.6. The summed E-state index contributed by atoms with van der Waals surface area (Å²) in [5, 5.41) is 11.3. The number of benzene rings is 8. The zero-order chi connectivity index (χ0) is 67.5. The van der Waals surface area contributed by atoms with E-state index in [0.29, 0.717) is 23.7 Å². The van der Waals surface area contributed by atoms with Crippen molar-refractivity contribution in [2.75, 3.05) is 26.4 Å². The third-order valence-corrected chi connectivity index (χ3v) is 16.5. The van der Waals surface area contributed by atoms with E-state index in [9.17, 15) is 0 Å². The van der Waals surface area contributed by atoms with Crippen molar-refractivity contribution in [3.8, 4) is 0 Å². The normalized spacial score (nSPS) is 12.6. The standard InChI is InChI=1S/2C21H23N2.2C17H19N2.2C4H8O.2Eu/c2*1-14(2)18-9-7-10-19(15(3)4)21(18)22-13-17-12-16-8-5-6-11-20(16)23-17;2*1-12-7-5-8-13(2)16(12)18-11-19-17-14(3)9-6-10-15(17)4;2*1-2-4-5-3-1;;/h2*5-15H,1-4H3;2*5-11H,1-4H3;2*1-4H2;;/q4*-1;;;2*+2. The minimum Gasteiger partial charge on any atom is -0.656 e. The average molecular weight is 1560 g/mol. The number of hydrogen-bond acceptors (Lipinski definition) is 6. The van der Waals surface area contributed by atoms with E-state index in [4.69, 9.17) is 19.5 Å². The third kappa shape index (κ3) is 24.9. The number of para-hydroxylation sites is 8.